The SMILES string of the molecule is C\C=C/C=C1/[B]OB(C)/C1=C/C. The fourth-order valence-electron chi connectivity index (χ4n) is 1.29. The summed E-state index contributed by atoms with van der Waals surface area (Å²) in [7, 11) is 1.82. The number of rotatable bonds is 1. The normalized spacial score (nSPS) is 24.4. The first-order valence-corrected chi connectivity index (χ1v) is 4.27. The van der Waals surface area contributed by atoms with Crippen LogP contribution in [0.25, 0.3) is 0 Å². The van der Waals surface area contributed by atoms with Gasteiger partial charge in [-0.2, -0.15) is 0 Å². The summed E-state index contributed by atoms with van der Waals surface area (Å²) < 4.78 is 5.37. The highest BCUT2D eigenvalue weighted by atomic mass is 16.4. The van der Waals surface area contributed by atoms with E-state index in [2.05, 4.69) is 19.0 Å². The zero-order valence-electron chi connectivity index (χ0n) is 7.87. The molecule has 1 nitrogen and oxygen atoms in total. The molecule has 0 saturated carbocycles. The van der Waals surface area contributed by atoms with E-state index in [0.717, 1.165) is 0 Å². The molecule has 3 heteroatoms. The minimum absolute atomic E-state index is 0.214. The first-order chi connectivity index (χ1) is 5.79. The third-order valence-corrected chi connectivity index (χ3v) is 1.95. The van der Waals surface area contributed by atoms with E-state index in [1.54, 1.807) is 0 Å². The van der Waals surface area contributed by atoms with Gasteiger partial charge in [0.2, 0.25) is 0 Å². The summed E-state index contributed by atoms with van der Waals surface area (Å²) in [4.78, 5) is 0. The molecule has 0 aromatic rings. The zero-order valence-corrected chi connectivity index (χ0v) is 7.87. The Balaban J connectivity index is 2.80. The summed E-state index contributed by atoms with van der Waals surface area (Å²) >= 11 is 0. The summed E-state index contributed by atoms with van der Waals surface area (Å²) in [6.45, 7) is 6.32. The van der Waals surface area contributed by atoms with Crippen LogP contribution in [-0.4, -0.2) is 14.4 Å². The van der Waals surface area contributed by atoms with Crippen molar-refractivity contribution >= 4 is 14.4 Å². The Bertz CT molecular complexity index is 241. The molecule has 12 heavy (non-hydrogen) atoms. The van der Waals surface area contributed by atoms with Gasteiger partial charge in [0.05, 0.1) is 0 Å². The quantitative estimate of drug-likeness (QED) is 0.532. The maximum atomic E-state index is 5.37. The molecular formula is C9H13B2O. The highest BCUT2D eigenvalue weighted by Gasteiger charge is 2.25. The summed E-state index contributed by atoms with van der Waals surface area (Å²) in [6.07, 6.45) is 8.20. The Kier molecular flexibility index (Phi) is 3.42. The molecule has 0 amide bonds. The first kappa shape index (κ1) is 9.40. The highest BCUT2D eigenvalue weighted by molar-refractivity contribution is 6.74. The maximum Gasteiger partial charge on any atom is 0.313 e. The van der Waals surface area contributed by atoms with Gasteiger partial charge in [-0.25, -0.2) is 0 Å². The van der Waals surface area contributed by atoms with E-state index in [4.69, 9.17) is 4.57 Å². The van der Waals surface area contributed by atoms with Crippen molar-refractivity contribution in [3.8, 4) is 0 Å². The smallest absolute Gasteiger partial charge is 0.313 e. The van der Waals surface area contributed by atoms with Crippen molar-refractivity contribution in [2.45, 2.75) is 20.7 Å². The molecule has 0 spiro atoms. The lowest BCUT2D eigenvalue weighted by Crippen LogP contribution is -2.06. The van der Waals surface area contributed by atoms with Gasteiger partial charge in [0.1, 0.15) is 0 Å². The van der Waals surface area contributed by atoms with Crippen molar-refractivity contribution in [1.82, 2.24) is 0 Å². The van der Waals surface area contributed by atoms with E-state index >= 15 is 0 Å². The molecular weight excluding hydrogens is 146 g/mol. The molecule has 1 saturated heterocycles. The predicted molar refractivity (Wildman–Crippen MR) is 55.1 cm³/mol. The lowest BCUT2D eigenvalue weighted by Gasteiger charge is -1.98. The summed E-state index contributed by atoms with van der Waals surface area (Å²) in [5, 5.41) is 0. The first-order valence-electron chi connectivity index (χ1n) is 4.27. The maximum absolute atomic E-state index is 5.37. The van der Waals surface area contributed by atoms with E-state index in [-0.39, 0.29) is 6.92 Å². The molecule has 0 unspecified atom stereocenters. The van der Waals surface area contributed by atoms with Gasteiger partial charge in [0, 0.05) is 0 Å². The van der Waals surface area contributed by atoms with Gasteiger partial charge in [0.25, 0.3) is 0 Å². The van der Waals surface area contributed by atoms with Gasteiger partial charge in [0.15, 0.2) is 0 Å². The molecule has 0 bridgehead atoms. The summed E-state index contributed by atoms with van der Waals surface area (Å²) in [6, 6.07) is 0. The molecule has 61 valence electrons. The zero-order chi connectivity index (χ0) is 8.97. The highest BCUT2D eigenvalue weighted by Crippen LogP contribution is 2.20. The fraction of sp³-hybridized carbons (Fsp3) is 0.333. The van der Waals surface area contributed by atoms with E-state index in [9.17, 15) is 0 Å². The van der Waals surface area contributed by atoms with E-state index in [1.807, 2.05) is 33.5 Å². The van der Waals surface area contributed by atoms with Crippen LogP contribution in [0.3, 0.4) is 0 Å². The van der Waals surface area contributed by atoms with Crippen molar-refractivity contribution in [2.75, 3.05) is 0 Å². The molecule has 0 aromatic heterocycles. The topological polar surface area (TPSA) is 9.23 Å². The van der Waals surface area contributed by atoms with Crippen LogP contribution in [0.15, 0.2) is 35.2 Å². The van der Waals surface area contributed by atoms with Gasteiger partial charge < -0.3 is 4.57 Å². The van der Waals surface area contributed by atoms with Crippen LogP contribution in [0.2, 0.25) is 6.82 Å². The second-order valence-electron chi connectivity index (χ2n) is 2.79. The van der Waals surface area contributed by atoms with Crippen molar-refractivity contribution in [3.63, 3.8) is 0 Å². The summed E-state index contributed by atoms with van der Waals surface area (Å²) in [5.41, 5.74) is 2.45. The van der Waals surface area contributed by atoms with Crippen molar-refractivity contribution in [2.24, 2.45) is 0 Å². The van der Waals surface area contributed by atoms with Crippen LogP contribution in [0.4, 0.5) is 0 Å². The molecule has 1 fully saturated rings. The molecule has 1 radical (unpaired) electrons. The summed E-state index contributed by atoms with van der Waals surface area (Å²) in [5.74, 6) is 0. The van der Waals surface area contributed by atoms with Gasteiger partial charge in [-0.1, -0.05) is 42.1 Å². The monoisotopic (exact) mass is 159 g/mol. The third kappa shape index (κ3) is 1.92. The second kappa shape index (κ2) is 4.36. The largest absolute Gasteiger partial charge is 0.495 e. The van der Waals surface area contributed by atoms with Crippen LogP contribution < -0.4 is 0 Å². The Morgan fingerprint density at radius 2 is 2.17 bits per heavy atom. The fourth-order valence-corrected chi connectivity index (χ4v) is 1.29. The van der Waals surface area contributed by atoms with Gasteiger partial charge >= 0.3 is 14.4 Å². The number of hydrogen-bond acceptors (Lipinski definition) is 1. The van der Waals surface area contributed by atoms with Crippen LogP contribution in [-0.2, 0) is 4.57 Å². The van der Waals surface area contributed by atoms with Gasteiger partial charge in [-0.3, -0.25) is 0 Å². The second-order valence-corrected chi connectivity index (χ2v) is 2.79. The molecule has 0 aromatic carbocycles. The lowest BCUT2D eigenvalue weighted by atomic mass is 9.61. The third-order valence-electron chi connectivity index (χ3n) is 1.95. The average molecular weight is 159 g/mol. The lowest BCUT2D eigenvalue weighted by molar-refractivity contribution is 0.648. The Morgan fingerprint density at radius 1 is 1.42 bits per heavy atom. The molecule has 0 atom stereocenters. The number of hydrogen-bond donors (Lipinski definition) is 0. The van der Waals surface area contributed by atoms with Crippen LogP contribution >= 0.6 is 0 Å². The molecule has 0 aliphatic carbocycles. The van der Waals surface area contributed by atoms with E-state index in [0.29, 0.717) is 0 Å². The van der Waals surface area contributed by atoms with Crippen LogP contribution in [0.1, 0.15) is 13.8 Å². The van der Waals surface area contributed by atoms with Crippen molar-refractivity contribution in [3.05, 3.63) is 35.2 Å². The minimum atomic E-state index is 0.214. The average Bonchev–Trinajstić information content (AvgIpc) is 2.43. The van der Waals surface area contributed by atoms with Crippen molar-refractivity contribution < 1.29 is 4.57 Å². The van der Waals surface area contributed by atoms with E-state index < -0.39 is 0 Å². The van der Waals surface area contributed by atoms with E-state index in [1.165, 1.54) is 10.9 Å². The molecule has 1 aliphatic rings. The van der Waals surface area contributed by atoms with Crippen LogP contribution in [0.5, 0.6) is 0 Å². The number of allylic oxidation sites excluding steroid dienone is 6. The van der Waals surface area contributed by atoms with Crippen LogP contribution in [0, 0.1) is 0 Å². The predicted octanol–water partition coefficient (Wildman–Crippen LogP) is 2.20. The Labute approximate surface area is 75.6 Å². The van der Waals surface area contributed by atoms with Gasteiger partial charge in [-0.05, 0) is 13.8 Å². The molecule has 1 heterocycles. The Hall–Kier alpha value is -0.690. The van der Waals surface area contributed by atoms with Gasteiger partial charge in [-0.15, -0.1) is 0 Å². The Morgan fingerprint density at radius 3 is 2.75 bits per heavy atom. The van der Waals surface area contributed by atoms with Crippen molar-refractivity contribution in [1.29, 1.82) is 0 Å². The molecule has 1 rings (SSSR count). The molecule has 1 aliphatic heterocycles. The standard InChI is InChI=1S/C9H13B2O/c1-4-6-7-8-9(5-2)11(3)12-10-8/h4-7H,1-3H3/b6-4-,8-7+,9-5+. The molecule has 0 N–H and O–H groups in total. The minimum Gasteiger partial charge on any atom is -0.495 e.